The van der Waals surface area contributed by atoms with Crippen LogP contribution in [-0.2, 0) is 6.54 Å². The molecule has 4 heterocycles. The fourth-order valence-electron chi connectivity index (χ4n) is 6.50. The van der Waals surface area contributed by atoms with Gasteiger partial charge in [0.05, 0.1) is 17.7 Å². The highest BCUT2D eigenvalue weighted by atomic mass is 32.1. The first kappa shape index (κ1) is 25.3. The molecular weight excluding hydrogens is 497 g/mol. The molecule has 0 bridgehead atoms. The molecule has 0 aliphatic carbocycles. The van der Waals surface area contributed by atoms with Crippen molar-refractivity contribution < 1.29 is 14.3 Å². The normalized spacial score (nSPS) is 20.9. The number of thiophene rings is 1. The number of fused-ring (bicyclic) bond motifs is 1. The molecule has 198 valence electrons. The molecule has 1 amide bonds. The highest BCUT2D eigenvalue weighted by Gasteiger charge is 2.38. The van der Waals surface area contributed by atoms with E-state index in [4.69, 9.17) is 0 Å². The van der Waals surface area contributed by atoms with Crippen LogP contribution in [0, 0.1) is 11.7 Å². The molecule has 5 nitrogen and oxygen atoms in total. The highest BCUT2D eigenvalue weighted by Crippen LogP contribution is 2.37. The lowest BCUT2D eigenvalue weighted by Gasteiger charge is -2.34. The Labute approximate surface area is 227 Å². The lowest BCUT2D eigenvalue weighted by molar-refractivity contribution is 0.0782. The van der Waals surface area contributed by atoms with Crippen LogP contribution < -0.4 is 0 Å². The van der Waals surface area contributed by atoms with Gasteiger partial charge in [-0.2, -0.15) is 11.3 Å². The summed E-state index contributed by atoms with van der Waals surface area (Å²) in [7, 11) is 0. The Hall–Kier alpha value is -3.00. The van der Waals surface area contributed by atoms with Gasteiger partial charge in [0.2, 0.25) is 0 Å². The summed E-state index contributed by atoms with van der Waals surface area (Å²) in [5.41, 5.74) is 4.19. The third-order valence-electron chi connectivity index (χ3n) is 8.48. The smallest absolute Gasteiger partial charge is 0.256 e. The van der Waals surface area contributed by atoms with Gasteiger partial charge in [0.1, 0.15) is 5.82 Å². The van der Waals surface area contributed by atoms with E-state index in [9.17, 15) is 14.3 Å². The first-order valence-corrected chi connectivity index (χ1v) is 14.5. The first-order valence-electron chi connectivity index (χ1n) is 13.6. The quantitative estimate of drug-likeness (QED) is 0.339. The zero-order chi connectivity index (χ0) is 26.1. The summed E-state index contributed by atoms with van der Waals surface area (Å²) >= 11 is 1.72. The average Bonchev–Trinajstić information content (AvgIpc) is 3.70. The summed E-state index contributed by atoms with van der Waals surface area (Å²) in [6.45, 7) is 5.01. The Balaban J connectivity index is 1.18. The molecule has 38 heavy (non-hydrogen) atoms. The number of benzene rings is 2. The molecule has 7 heteroatoms. The number of carbonyl (C=O) groups excluding carboxylic acids is 1. The van der Waals surface area contributed by atoms with Gasteiger partial charge >= 0.3 is 0 Å². The maximum absolute atomic E-state index is 13.9. The van der Waals surface area contributed by atoms with Crippen molar-refractivity contribution >= 4 is 28.1 Å². The number of nitrogens with zero attached hydrogens (tertiary/aromatic N) is 3. The molecule has 0 saturated carbocycles. The van der Waals surface area contributed by atoms with Crippen molar-refractivity contribution in [2.45, 2.75) is 31.2 Å². The zero-order valence-electron chi connectivity index (χ0n) is 21.5. The number of aromatic nitrogens is 1. The molecule has 2 aliphatic rings. The van der Waals surface area contributed by atoms with Crippen molar-refractivity contribution in [1.29, 1.82) is 0 Å². The molecule has 0 unspecified atom stereocenters. The number of likely N-dealkylation sites (tertiary alicyclic amines) is 2. The number of hydrogen-bond acceptors (Lipinski definition) is 4. The van der Waals surface area contributed by atoms with Gasteiger partial charge in [-0.3, -0.25) is 4.79 Å². The topological polar surface area (TPSA) is 48.7 Å². The number of aliphatic hydroxyl groups excluding tert-OH is 1. The summed E-state index contributed by atoms with van der Waals surface area (Å²) in [6.07, 6.45) is 4.11. The Morgan fingerprint density at radius 1 is 1.00 bits per heavy atom. The molecule has 2 aliphatic heterocycles. The molecule has 1 N–H and O–H groups in total. The van der Waals surface area contributed by atoms with Gasteiger partial charge in [0.15, 0.2) is 0 Å². The Kier molecular flexibility index (Phi) is 7.32. The van der Waals surface area contributed by atoms with Crippen LogP contribution in [0.2, 0.25) is 0 Å². The van der Waals surface area contributed by atoms with Crippen LogP contribution in [0.25, 0.3) is 10.9 Å². The summed E-state index contributed by atoms with van der Waals surface area (Å²) in [6, 6.07) is 17.1. The zero-order valence-corrected chi connectivity index (χ0v) is 22.3. The van der Waals surface area contributed by atoms with Gasteiger partial charge in [-0.05, 0) is 90.0 Å². The van der Waals surface area contributed by atoms with E-state index in [0.717, 1.165) is 56.5 Å². The number of rotatable bonds is 7. The van der Waals surface area contributed by atoms with Crippen LogP contribution in [0.15, 0.2) is 71.6 Å². The molecule has 2 aromatic heterocycles. The number of aliphatic hydroxyl groups is 1. The van der Waals surface area contributed by atoms with Crippen molar-refractivity contribution in [3.63, 3.8) is 0 Å². The van der Waals surface area contributed by atoms with Crippen LogP contribution in [0.5, 0.6) is 0 Å². The van der Waals surface area contributed by atoms with Crippen molar-refractivity contribution in [3.05, 3.63) is 94.1 Å². The van der Waals surface area contributed by atoms with Gasteiger partial charge in [-0.25, -0.2) is 4.39 Å². The predicted octanol–water partition coefficient (Wildman–Crippen LogP) is 5.57. The second-order valence-corrected chi connectivity index (χ2v) is 11.5. The Bertz CT molecular complexity index is 1380. The van der Waals surface area contributed by atoms with Crippen molar-refractivity contribution in [2.75, 3.05) is 39.3 Å². The van der Waals surface area contributed by atoms with Crippen LogP contribution in [0.4, 0.5) is 4.39 Å². The highest BCUT2D eigenvalue weighted by molar-refractivity contribution is 7.08. The van der Waals surface area contributed by atoms with Crippen molar-refractivity contribution in [2.24, 2.45) is 5.92 Å². The van der Waals surface area contributed by atoms with Crippen LogP contribution in [0.3, 0.4) is 0 Å². The largest absolute Gasteiger partial charge is 0.395 e. The van der Waals surface area contributed by atoms with E-state index in [-0.39, 0.29) is 18.3 Å². The van der Waals surface area contributed by atoms with Crippen LogP contribution in [0.1, 0.15) is 46.2 Å². The second-order valence-electron chi connectivity index (χ2n) is 10.7. The van der Waals surface area contributed by atoms with E-state index >= 15 is 0 Å². The predicted molar refractivity (Wildman–Crippen MR) is 150 cm³/mol. The lowest BCUT2D eigenvalue weighted by atomic mass is 9.87. The standard InChI is InChI=1S/C31H34FN3O2S/c32-27-6-4-22(5-7-27)23-8-12-33(13-9-23)18-26-19-35(20-29(26)25-11-17-38-21-25)31(37)28-3-1-2-24-10-14-34(15-16-36)30(24)28/h1-7,10-11,14,17,21,23,26,29,36H,8-9,12-13,15-16,18-20H2/t26-,29+/m1/s1. The molecule has 0 spiro atoms. The number of para-hydroxylation sites is 1. The van der Waals surface area contributed by atoms with Crippen molar-refractivity contribution in [3.8, 4) is 0 Å². The van der Waals surface area contributed by atoms with E-state index in [1.807, 2.05) is 52.1 Å². The van der Waals surface area contributed by atoms with Crippen molar-refractivity contribution in [1.82, 2.24) is 14.4 Å². The fraction of sp³-hybridized carbons (Fsp3) is 0.387. The maximum atomic E-state index is 13.9. The van der Waals surface area contributed by atoms with Crippen LogP contribution in [-0.4, -0.2) is 64.7 Å². The number of amides is 1. The third kappa shape index (κ3) is 5.03. The lowest BCUT2D eigenvalue weighted by Crippen LogP contribution is -2.38. The van der Waals surface area contributed by atoms with Gasteiger partial charge < -0.3 is 19.5 Å². The molecule has 6 rings (SSSR count). The molecular formula is C31H34FN3O2S. The molecule has 2 atom stereocenters. The SMILES string of the molecule is O=C(c1cccc2ccn(CCO)c12)N1C[C@@H](CN2CCC(c3ccc(F)cc3)CC2)[C@H](c2ccsc2)C1. The summed E-state index contributed by atoms with van der Waals surface area (Å²) in [5.74, 6) is 1.08. The van der Waals surface area contributed by atoms with Gasteiger partial charge in [-0.1, -0.05) is 24.3 Å². The number of piperidine rings is 1. The molecule has 2 fully saturated rings. The fourth-order valence-corrected chi connectivity index (χ4v) is 7.22. The summed E-state index contributed by atoms with van der Waals surface area (Å²) < 4.78 is 15.3. The van der Waals surface area contributed by atoms with E-state index < -0.39 is 0 Å². The average molecular weight is 532 g/mol. The minimum absolute atomic E-state index is 0.0379. The van der Waals surface area contributed by atoms with Gasteiger partial charge in [-0.15, -0.1) is 0 Å². The molecule has 0 radical (unpaired) electrons. The first-order chi connectivity index (χ1) is 18.6. The summed E-state index contributed by atoms with van der Waals surface area (Å²) in [4.78, 5) is 18.5. The molecule has 4 aromatic rings. The summed E-state index contributed by atoms with van der Waals surface area (Å²) in [5, 5.41) is 14.9. The Morgan fingerprint density at radius 3 is 2.55 bits per heavy atom. The number of halogens is 1. The van der Waals surface area contributed by atoms with E-state index in [0.29, 0.717) is 29.9 Å². The number of hydrogen-bond donors (Lipinski definition) is 1. The van der Waals surface area contributed by atoms with Crippen LogP contribution >= 0.6 is 11.3 Å². The second kappa shape index (κ2) is 11.0. The molecule has 2 saturated heterocycles. The monoisotopic (exact) mass is 531 g/mol. The third-order valence-corrected chi connectivity index (χ3v) is 9.18. The van der Waals surface area contributed by atoms with Gasteiger partial charge in [0, 0.05) is 43.7 Å². The Morgan fingerprint density at radius 2 is 1.82 bits per heavy atom. The van der Waals surface area contributed by atoms with E-state index in [1.165, 1.54) is 11.1 Å². The maximum Gasteiger partial charge on any atom is 0.256 e. The van der Waals surface area contributed by atoms with E-state index in [2.05, 4.69) is 21.7 Å². The number of carbonyl (C=O) groups is 1. The minimum atomic E-state index is -0.177. The molecule has 2 aromatic carbocycles. The minimum Gasteiger partial charge on any atom is -0.395 e. The van der Waals surface area contributed by atoms with E-state index in [1.54, 1.807) is 23.5 Å². The van der Waals surface area contributed by atoms with Gasteiger partial charge in [0.25, 0.3) is 5.91 Å².